The first-order valence-electron chi connectivity index (χ1n) is 6.44. The summed E-state index contributed by atoms with van der Waals surface area (Å²) in [5.74, 6) is 0.623. The molecule has 0 unspecified atom stereocenters. The fourth-order valence-electron chi connectivity index (χ4n) is 1.92. The molecule has 0 saturated heterocycles. The Hall–Kier alpha value is -1.97. The van der Waals surface area contributed by atoms with E-state index in [1.165, 1.54) is 16.6 Å². The number of hydrogen-bond donors (Lipinski definition) is 0. The van der Waals surface area contributed by atoms with Crippen molar-refractivity contribution in [3.63, 3.8) is 0 Å². The van der Waals surface area contributed by atoms with Gasteiger partial charge in [-0.05, 0) is 36.5 Å². The predicted molar refractivity (Wildman–Crippen MR) is 70.0 cm³/mol. The van der Waals surface area contributed by atoms with E-state index in [0.717, 1.165) is 0 Å². The van der Waals surface area contributed by atoms with Crippen molar-refractivity contribution in [2.24, 2.45) is 0 Å². The molecular weight excluding hydrogens is 287 g/mol. The van der Waals surface area contributed by atoms with Crippen LogP contribution in [-0.4, -0.2) is 69.6 Å². The maximum atomic E-state index is 12.3. The van der Waals surface area contributed by atoms with Gasteiger partial charge in [0.1, 0.15) is 0 Å². The second-order valence-electron chi connectivity index (χ2n) is 4.65. The monoisotopic (exact) mass is 303 g/mol. The number of tetrazole rings is 1. The molecule has 2 aromatic heterocycles. The lowest BCUT2D eigenvalue weighted by atomic mass is 10.4. The highest BCUT2D eigenvalue weighted by Crippen LogP contribution is 2.16. The molecule has 2 rings (SSSR count). The summed E-state index contributed by atoms with van der Waals surface area (Å²) >= 11 is 0. The van der Waals surface area contributed by atoms with Crippen LogP contribution >= 0.6 is 0 Å². The van der Waals surface area contributed by atoms with Crippen LogP contribution in [0.2, 0.25) is 0 Å². The van der Waals surface area contributed by atoms with Gasteiger partial charge in [-0.3, -0.25) is 4.90 Å². The predicted octanol–water partition coefficient (Wildman–Crippen LogP) is 0.840. The van der Waals surface area contributed by atoms with Crippen LogP contribution in [0.4, 0.5) is 19.0 Å². The Morgan fingerprint density at radius 2 is 2.00 bits per heavy atom. The molecule has 2 aromatic rings. The molecule has 0 aliphatic rings. The Kier molecular flexibility index (Phi) is 4.56. The van der Waals surface area contributed by atoms with Gasteiger partial charge in [0.05, 0.1) is 6.54 Å². The van der Waals surface area contributed by atoms with Crippen LogP contribution in [0.25, 0.3) is 5.65 Å². The van der Waals surface area contributed by atoms with Crippen LogP contribution in [0.5, 0.6) is 0 Å². The molecule has 0 amide bonds. The van der Waals surface area contributed by atoms with Crippen molar-refractivity contribution in [1.82, 2.24) is 30.2 Å². The van der Waals surface area contributed by atoms with Gasteiger partial charge in [0.25, 0.3) is 0 Å². The van der Waals surface area contributed by atoms with Crippen molar-refractivity contribution >= 4 is 11.5 Å². The molecule has 2 heterocycles. The maximum absolute atomic E-state index is 12.3. The normalized spacial score (nSPS) is 12.3. The van der Waals surface area contributed by atoms with Gasteiger partial charge in [-0.25, -0.2) is 0 Å². The zero-order valence-corrected chi connectivity index (χ0v) is 11.7. The third-order valence-corrected chi connectivity index (χ3v) is 2.96. The molecular formula is C11H16F3N7. The molecule has 0 saturated carbocycles. The smallest absolute Gasteiger partial charge is 0.354 e. The van der Waals surface area contributed by atoms with Crippen molar-refractivity contribution in [3.8, 4) is 0 Å². The lowest BCUT2D eigenvalue weighted by Gasteiger charge is -2.25. The first kappa shape index (κ1) is 15.4. The van der Waals surface area contributed by atoms with Crippen LogP contribution in [0.3, 0.4) is 0 Å². The van der Waals surface area contributed by atoms with Gasteiger partial charge < -0.3 is 4.90 Å². The fraction of sp³-hybridized carbons (Fsp3) is 0.636. The quantitative estimate of drug-likeness (QED) is 0.788. The van der Waals surface area contributed by atoms with Crippen LogP contribution in [0, 0.1) is 0 Å². The van der Waals surface area contributed by atoms with E-state index in [2.05, 4.69) is 20.6 Å². The van der Waals surface area contributed by atoms with Crippen LogP contribution in [-0.2, 0) is 0 Å². The summed E-state index contributed by atoms with van der Waals surface area (Å²) in [6, 6.07) is 3.46. The van der Waals surface area contributed by atoms with E-state index in [0.29, 0.717) is 24.6 Å². The molecule has 0 aliphatic heterocycles. The fourth-order valence-corrected chi connectivity index (χ4v) is 1.92. The molecule has 0 aromatic carbocycles. The number of halogens is 3. The minimum Gasteiger partial charge on any atom is -0.354 e. The summed E-state index contributed by atoms with van der Waals surface area (Å²) in [4.78, 5) is 3.10. The Labute approximate surface area is 119 Å². The zero-order valence-electron chi connectivity index (χ0n) is 11.7. The van der Waals surface area contributed by atoms with Crippen LogP contribution in [0.1, 0.15) is 6.92 Å². The first-order chi connectivity index (χ1) is 9.89. The van der Waals surface area contributed by atoms with E-state index in [4.69, 9.17) is 0 Å². The summed E-state index contributed by atoms with van der Waals surface area (Å²) < 4.78 is 38.1. The molecule has 10 heteroatoms. The highest BCUT2D eigenvalue weighted by atomic mass is 19.4. The number of alkyl halides is 3. The summed E-state index contributed by atoms with van der Waals surface area (Å²) in [5.41, 5.74) is 0.518. The van der Waals surface area contributed by atoms with Crippen LogP contribution in [0.15, 0.2) is 12.1 Å². The molecule has 0 aliphatic carbocycles. The summed E-state index contributed by atoms with van der Waals surface area (Å²) in [6.45, 7) is 2.33. The Balaban J connectivity index is 1.99. The lowest BCUT2D eigenvalue weighted by molar-refractivity contribution is -0.142. The standard InChI is InChI=1S/C11H16F3N7/c1-3-20(7-6-19(2)8-11(12,13)14)10-5-4-9-15-17-18-21(9)16-10/h4-5H,3,6-8H2,1-2H3. The second kappa shape index (κ2) is 6.20. The third-order valence-electron chi connectivity index (χ3n) is 2.96. The topological polar surface area (TPSA) is 62.5 Å². The Morgan fingerprint density at radius 3 is 2.67 bits per heavy atom. The molecule has 0 bridgehead atoms. The van der Waals surface area contributed by atoms with E-state index in [1.807, 2.05) is 11.8 Å². The van der Waals surface area contributed by atoms with Crippen molar-refractivity contribution in [3.05, 3.63) is 12.1 Å². The van der Waals surface area contributed by atoms with Gasteiger partial charge in [0.15, 0.2) is 11.5 Å². The van der Waals surface area contributed by atoms with Crippen LogP contribution < -0.4 is 4.90 Å². The van der Waals surface area contributed by atoms with Crippen molar-refractivity contribution < 1.29 is 13.2 Å². The van der Waals surface area contributed by atoms with E-state index in [1.54, 1.807) is 12.1 Å². The van der Waals surface area contributed by atoms with Crippen molar-refractivity contribution in [1.29, 1.82) is 0 Å². The molecule has 0 spiro atoms. The lowest BCUT2D eigenvalue weighted by Crippen LogP contribution is -2.38. The van der Waals surface area contributed by atoms with Gasteiger partial charge in [-0.1, -0.05) is 0 Å². The number of fused-ring (bicyclic) bond motifs is 1. The molecule has 116 valence electrons. The Bertz CT molecular complexity index is 582. The van der Waals surface area contributed by atoms with Crippen molar-refractivity contribution in [2.75, 3.05) is 38.1 Å². The number of hydrogen-bond acceptors (Lipinski definition) is 6. The highest BCUT2D eigenvalue weighted by Gasteiger charge is 2.29. The SMILES string of the molecule is CCN(CCN(C)CC(F)(F)F)c1ccc2nnnn2n1. The van der Waals surface area contributed by atoms with Gasteiger partial charge in [0, 0.05) is 19.6 Å². The van der Waals surface area contributed by atoms with Gasteiger partial charge in [-0.2, -0.15) is 13.2 Å². The van der Waals surface area contributed by atoms with E-state index in [-0.39, 0.29) is 6.54 Å². The largest absolute Gasteiger partial charge is 0.401 e. The number of aromatic nitrogens is 5. The highest BCUT2D eigenvalue weighted by molar-refractivity contribution is 5.44. The summed E-state index contributed by atoms with van der Waals surface area (Å²) in [7, 11) is 1.44. The number of rotatable bonds is 6. The molecule has 7 nitrogen and oxygen atoms in total. The molecule has 21 heavy (non-hydrogen) atoms. The van der Waals surface area contributed by atoms with E-state index < -0.39 is 12.7 Å². The van der Waals surface area contributed by atoms with Gasteiger partial charge >= 0.3 is 6.18 Å². The van der Waals surface area contributed by atoms with Gasteiger partial charge in [0.2, 0.25) is 0 Å². The molecule has 0 atom stereocenters. The average molecular weight is 303 g/mol. The number of likely N-dealkylation sites (N-methyl/N-ethyl adjacent to an activating group) is 2. The van der Waals surface area contributed by atoms with Gasteiger partial charge in [-0.15, -0.1) is 14.8 Å². The molecule has 0 radical (unpaired) electrons. The average Bonchev–Trinajstić information content (AvgIpc) is 2.84. The third kappa shape index (κ3) is 4.25. The summed E-state index contributed by atoms with van der Waals surface area (Å²) in [6.07, 6.45) is -4.19. The maximum Gasteiger partial charge on any atom is 0.401 e. The minimum absolute atomic E-state index is 0.280. The molecule has 0 N–H and O–H groups in total. The van der Waals surface area contributed by atoms with E-state index in [9.17, 15) is 13.2 Å². The zero-order chi connectivity index (χ0) is 15.5. The Morgan fingerprint density at radius 1 is 1.24 bits per heavy atom. The van der Waals surface area contributed by atoms with E-state index >= 15 is 0 Å². The van der Waals surface area contributed by atoms with Crippen molar-refractivity contribution in [2.45, 2.75) is 13.1 Å². The number of anilines is 1. The second-order valence-corrected chi connectivity index (χ2v) is 4.65. The molecule has 0 fully saturated rings. The minimum atomic E-state index is -4.19. The first-order valence-corrected chi connectivity index (χ1v) is 6.44. The number of nitrogens with zero attached hydrogens (tertiary/aromatic N) is 7. The summed E-state index contributed by atoms with van der Waals surface area (Å²) in [5, 5.41) is 15.2.